The van der Waals surface area contributed by atoms with Crippen molar-refractivity contribution in [1.29, 1.82) is 0 Å². The standard InChI is InChI=1S/C6H11N3S/c7-2-1-3-10-6-4-8-5-9-6/h4-5H,1-3,7H2,(H,8,9). The van der Waals surface area contributed by atoms with Gasteiger partial charge in [-0.2, -0.15) is 0 Å². The molecule has 0 aliphatic rings. The van der Waals surface area contributed by atoms with Crippen molar-refractivity contribution in [3.8, 4) is 0 Å². The number of aromatic nitrogens is 2. The molecule has 4 heteroatoms. The Morgan fingerprint density at radius 3 is 3.20 bits per heavy atom. The van der Waals surface area contributed by atoms with Crippen molar-refractivity contribution >= 4 is 11.8 Å². The first kappa shape index (κ1) is 7.63. The Morgan fingerprint density at radius 2 is 2.60 bits per heavy atom. The molecule has 1 heterocycles. The number of imidazole rings is 1. The smallest absolute Gasteiger partial charge is 0.0928 e. The number of H-pyrrole nitrogens is 1. The Balaban J connectivity index is 2.15. The number of nitrogens with zero attached hydrogens (tertiary/aromatic N) is 1. The van der Waals surface area contributed by atoms with E-state index in [2.05, 4.69) is 9.97 Å². The topological polar surface area (TPSA) is 54.7 Å². The van der Waals surface area contributed by atoms with Gasteiger partial charge in [-0.1, -0.05) is 0 Å². The van der Waals surface area contributed by atoms with Crippen LogP contribution >= 0.6 is 11.8 Å². The van der Waals surface area contributed by atoms with E-state index in [0.717, 1.165) is 23.7 Å². The highest BCUT2D eigenvalue weighted by Crippen LogP contribution is 2.13. The maximum absolute atomic E-state index is 5.33. The van der Waals surface area contributed by atoms with Crippen molar-refractivity contribution in [1.82, 2.24) is 9.97 Å². The van der Waals surface area contributed by atoms with Crippen LogP contribution in [0.15, 0.2) is 17.6 Å². The quantitative estimate of drug-likeness (QED) is 0.503. The number of rotatable bonds is 4. The van der Waals surface area contributed by atoms with Crippen LogP contribution in [-0.4, -0.2) is 22.3 Å². The van der Waals surface area contributed by atoms with E-state index in [1.807, 2.05) is 6.20 Å². The number of aromatic amines is 1. The minimum Gasteiger partial charge on any atom is -0.340 e. The molecule has 0 bridgehead atoms. The van der Waals surface area contributed by atoms with Crippen LogP contribution in [0.5, 0.6) is 0 Å². The van der Waals surface area contributed by atoms with Crippen LogP contribution < -0.4 is 5.73 Å². The van der Waals surface area contributed by atoms with Crippen molar-refractivity contribution in [2.24, 2.45) is 5.73 Å². The summed E-state index contributed by atoms with van der Waals surface area (Å²) in [5.74, 6) is 1.07. The number of nitrogens with one attached hydrogen (secondary N) is 1. The first-order valence-corrected chi connectivity index (χ1v) is 4.23. The third-order valence-corrected chi connectivity index (χ3v) is 2.11. The van der Waals surface area contributed by atoms with Crippen molar-refractivity contribution in [2.45, 2.75) is 11.4 Å². The van der Waals surface area contributed by atoms with E-state index < -0.39 is 0 Å². The van der Waals surface area contributed by atoms with Crippen molar-refractivity contribution < 1.29 is 0 Å². The summed E-state index contributed by atoms with van der Waals surface area (Å²) in [5, 5.41) is 1.12. The second-order valence-corrected chi connectivity index (χ2v) is 3.04. The highest BCUT2D eigenvalue weighted by Gasteiger charge is 1.91. The fraction of sp³-hybridized carbons (Fsp3) is 0.500. The monoisotopic (exact) mass is 157 g/mol. The van der Waals surface area contributed by atoms with Crippen molar-refractivity contribution in [3.63, 3.8) is 0 Å². The van der Waals surface area contributed by atoms with Gasteiger partial charge in [-0.25, -0.2) is 4.98 Å². The predicted octanol–water partition coefficient (Wildman–Crippen LogP) is 0.851. The number of thioether (sulfide) groups is 1. The van der Waals surface area contributed by atoms with Crippen LogP contribution in [0.2, 0.25) is 0 Å². The first-order chi connectivity index (χ1) is 4.93. The number of nitrogens with two attached hydrogens (primary N) is 1. The number of hydrogen-bond acceptors (Lipinski definition) is 3. The molecular formula is C6H11N3S. The zero-order chi connectivity index (χ0) is 7.23. The van der Waals surface area contributed by atoms with E-state index in [1.54, 1.807) is 18.1 Å². The molecule has 0 atom stereocenters. The van der Waals surface area contributed by atoms with Crippen LogP contribution in [0.3, 0.4) is 0 Å². The van der Waals surface area contributed by atoms with E-state index in [-0.39, 0.29) is 0 Å². The first-order valence-electron chi connectivity index (χ1n) is 3.24. The summed E-state index contributed by atoms with van der Waals surface area (Å²) >= 11 is 1.75. The van der Waals surface area contributed by atoms with Crippen LogP contribution in [0, 0.1) is 0 Å². The molecule has 3 N–H and O–H groups in total. The summed E-state index contributed by atoms with van der Waals surface area (Å²) in [7, 11) is 0. The molecule has 0 aromatic carbocycles. The van der Waals surface area contributed by atoms with Gasteiger partial charge in [0.1, 0.15) is 0 Å². The minimum absolute atomic E-state index is 0.765. The van der Waals surface area contributed by atoms with Gasteiger partial charge < -0.3 is 10.7 Å². The third kappa shape index (κ3) is 2.41. The molecule has 3 nitrogen and oxygen atoms in total. The van der Waals surface area contributed by atoms with E-state index in [0.29, 0.717) is 0 Å². The summed E-state index contributed by atoms with van der Waals surface area (Å²) in [6.07, 6.45) is 4.57. The Hall–Kier alpha value is -0.480. The van der Waals surface area contributed by atoms with Crippen molar-refractivity contribution in [3.05, 3.63) is 12.5 Å². The molecule has 0 fully saturated rings. The second kappa shape index (κ2) is 4.35. The normalized spacial score (nSPS) is 10.1. The van der Waals surface area contributed by atoms with Gasteiger partial charge in [-0.15, -0.1) is 11.8 Å². The molecule has 0 unspecified atom stereocenters. The molecular weight excluding hydrogens is 146 g/mol. The fourth-order valence-electron chi connectivity index (χ4n) is 0.588. The molecule has 0 aliphatic heterocycles. The van der Waals surface area contributed by atoms with Gasteiger partial charge >= 0.3 is 0 Å². The Labute approximate surface area is 64.4 Å². The van der Waals surface area contributed by atoms with E-state index in [1.165, 1.54) is 0 Å². The maximum atomic E-state index is 5.33. The van der Waals surface area contributed by atoms with Gasteiger partial charge in [-0.05, 0) is 13.0 Å². The Bertz CT molecular complexity index is 162. The predicted molar refractivity (Wildman–Crippen MR) is 43.0 cm³/mol. The lowest BCUT2D eigenvalue weighted by Crippen LogP contribution is -1.99. The summed E-state index contributed by atoms with van der Waals surface area (Å²) < 4.78 is 0. The van der Waals surface area contributed by atoms with Gasteiger partial charge in [0, 0.05) is 5.75 Å². The lowest BCUT2D eigenvalue weighted by molar-refractivity contribution is 0.941. The number of hydrogen-bond donors (Lipinski definition) is 2. The largest absolute Gasteiger partial charge is 0.340 e. The molecule has 0 saturated heterocycles. The molecule has 0 saturated carbocycles. The van der Waals surface area contributed by atoms with Gasteiger partial charge in [0.05, 0.1) is 17.6 Å². The molecule has 1 aromatic rings. The fourth-order valence-corrected chi connectivity index (χ4v) is 1.39. The molecule has 0 amide bonds. The average Bonchev–Trinajstić information content (AvgIpc) is 2.41. The van der Waals surface area contributed by atoms with Gasteiger partial charge in [0.25, 0.3) is 0 Å². The molecule has 0 aliphatic carbocycles. The average molecular weight is 157 g/mol. The van der Waals surface area contributed by atoms with Crippen molar-refractivity contribution in [2.75, 3.05) is 12.3 Å². The Kier molecular flexibility index (Phi) is 3.32. The zero-order valence-electron chi connectivity index (χ0n) is 5.71. The van der Waals surface area contributed by atoms with E-state index >= 15 is 0 Å². The highest BCUT2D eigenvalue weighted by atomic mass is 32.2. The van der Waals surface area contributed by atoms with E-state index in [4.69, 9.17) is 5.73 Å². The van der Waals surface area contributed by atoms with Crippen LogP contribution in [0.1, 0.15) is 6.42 Å². The summed E-state index contributed by atoms with van der Waals surface area (Å²) in [4.78, 5) is 6.90. The second-order valence-electron chi connectivity index (χ2n) is 1.91. The molecule has 1 aromatic heterocycles. The zero-order valence-corrected chi connectivity index (χ0v) is 6.53. The Morgan fingerprint density at radius 1 is 1.70 bits per heavy atom. The lowest BCUT2D eigenvalue weighted by Gasteiger charge is -1.93. The van der Waals surface area contributed by atoms with Gasteiger partial charge in [0.2, 0.25) is 0 Å². The van der Waals surface area contributed by atoms with E-state index in [9.17, 15) is 0 Å². The summed E-state index contributed by atoms with van der Waals surface area (Å²) in [5.41, 5.74) is 5.33. The molecule has 1 rings (SSSR count). The summed E-state index contributed by atoms with van der Waals surface area (Å²) in [6.45, 7) is 0.765. The van der Waals surface area contributed by atoms with Crippen LogP contribution in [0.4, 0.5) is 0 Å². The molecule has 10 heavy (non-hydrogen) atoms. The SMILES string of the molecule is NCCCSc1cnc[nH]1. The molecule has 0 radical (unpaired) electrons. The van der Waals surface area contributed by atoms with Crippen LogP contribution in [0.25, 0.3) is 0 Å². The molecule has 56 valence electrons. The highest BCUT2D eigenvalue weighted by molar-refractivity contribution is 7.99. The third-order valence-electron chi connectivity index (χ3n) is 1.08. The minimum atomic E-state index is 0.765. The lowest BCUT2D eigenvalue weighted by atomic mass is 10.5. The summed E-state index contributed by atoms with van der Waals surface area (Å²) in [6, 6.07) is 0. The molecule has 0 spiro atoms. The van der Waals surface area contributed by atoms with Gasteiger partial charge in [-0.3, -0.25) is 0 Å². The van der Waals surface area contributed by atoms with Gasteiger partial charge in [0.15, 0.2) is 0 Å². The maximum Gasteiger partial charge on any atom is 0.0928 e. The van der Waals surface area contributed by atoms with Crippen LogP contribution in [-0.2, 0) is 0 Å².